The van der Waals surface area contributed by atoms with Gasteiger partial charge in [-0.05, 0) is 38.0 Å². The number of rotatable bonds is 9. The first-order valence-electron chi connectivity index (χ1n) is 10.1. The summed E-state index contributed by atoms with van der Waals surface area (Å²) in [4.78, 5) is 38.3. The highest BCUT2D eigenvalue weighted by molar-refractivity contribution is 8.03. The van der Waals surface area contributed by atoms with E-state index in [4.69, 9.17) is 5.14 Å². The number of carboxylic acids is 1. The molecule has 1 amide bonds. The van der Waals surface area contributed by atoms with E-state index in [-0.39, 0.29) is 53.1 Å². The molecular formula is C19H29N3O6S2. The number of aliphatic carboxylic acids is 1. The number of thioether (sulfide) groups is 1. The molecule has 2 heterocycles. The van der Waals surface area contributed by atoms with Crippen LogP contribution in [0.4, 0.5) is 0 Å². The van der Waals surface area contributed by atoms with Crippen LogP contribution in [0, 0.1) is 23.7 Å². The number of hydrogen-bond acceptors (Lipinski definition) is 6. The Bertz CT molecular complexity index is 887. The van der Waals surface area contributed by atoms with Gasteiger partial charge in [0.15, 0.2) is 0 Å². The number of nitrogens with one attached hydrogen (secondary N) is 1. The van der Waals surface area contributed by atoms with Crippen LogP contribution < -0.4 is 9.86 Å². The lowest BCUT2D eigenvalue weighted by molar-refractivity contribution is -0.160. The summed E-state index contributed by atoms with van der Waals surface area (Å²) in [6.07, 6.45) is 2.48. The largest absolute Gasteiger partial charge is 0.477 e. The van der Waals surface area contributed by atoms with Gasteiger partial charge in [-0.1, -0.05) is 13.8 Å². The molecule has 11 heteroatoms. The molecule has 1 saturated carbocycles. The van der Waals surface area contributed by atoms with Crippen molar-refractivity contribution in [2.24, 2.45) is 28.8 Å². The van der Waals surface area contributed by atoms with Crippen molar-refractivity contribution in [1.29, 1.82) is 0 Å². The molecule has 0 aromatic carbocycles. The fourth-order valence-electron chi connectivity index (χ4n) is 5.16. The van der Waals surface area contributed by atoms with Gasteiger partial charge in [-0.3, -0.25) is 4.79 Å². The van der Waals surface area contributed by atoms with E-state index in [9.17, 15) is 27.9 Å². The molecule has 3 aliphatic rings. The van der Waals surface area contributed by atoms with Gasteiger partial charge in [0.25, 0.3) is 10.2 Å². The second-order valence-electron chi connectivity index (χ2n) is 8.76. The SMILES string of the molecule is CC(=O)C[C@H](C)[C@H]1C(=O)N2C(C(=O)O)=C(SC[C@H]3CC[C@@H](NS(N)(=O)=O)C3)[C@H](C)[C@H]12. The van der Waals surface area contributed by atoms with Gasteiger partial charge in [-0.25, -0.2) is 9.93 Å². The van der Waals surface area contributed by atoms with E-state index >= 15 is 0 Å². The molecule has 2 aliphatic heterocycles. The second-order valence-corrected chi connectivity index (χ2v) is 11.2. The molecule has 9 nitrogen and oxygen atoms in total. The number of ketones is 1. The first-order valence-corrected chi connectivity index (χ1v) is 12.7. The molecule has 0 unspecified atom stereocenters. The summed E-state index contributed by atoms with van der Waals surface area (Å²) in [7, 11) is -3.74. The third kappa shape index (κ3) is 4.58. The van der Waals surface area contributed by atoms with E-state index < -0.39 is 16.2 Å². The Labute approximate surface area is 181 Å². The fraction of sp³-hybridized carbons (Fsp3) is 0.737. The van der Waals surface area contributed by atoms with Gasteiger partial charge in [0.1, 0.15) is 11.5 Å². The van der Waals surface area contributed by atoms with E-state index in [1.165, 1.54) is 23.6 Å². The summed E-state index contributed by atoms with van der Waals surface area (Å²) in [6.45, 7) is 5.31. The monoisotopic (exact) mass is 459 g/mol. The Balaban J connectivity index is 1.68. The molecule has 0 spiro atoms. The smallest absolute Gasteiger partial charge is 0.353 e. The minimum Gasteiger partial charge on any atom is -0.477 e. The number of nitrogens with zero attached hydrogens (tertiary/aromatic N) is 1. The molecule has 30 heavy (non-hydrogen) atoms. The Kier molecular flexibility index (Phi) is 6.66. The summed E-state index contributed by atoms with van der Waals surface area (Å²) >= 11 is 1.45. The van der Waals surface area contributed by atoms with Gasteiger partial charge < -0.3 is 14.8 Å². The molecule has 6 atom stereocenters. The van der Waals surface area contributed by atoms with Crippen LogP contribution in [-0.2, 0) is 24.6 Å². The van der Waals surface area contributed by atoms with E-state index in [1.807, 2.05) is 13.8 Å². The summed E-state index contributed by atoms with van der Waals surface area (Å²) < 4.78 is 24.9. The molecule has 0 radical (unpaired) electrons. The number of nitrogens with two attached hydrogens (primary N) is 1. The zero-order valence-electron chi connectivity index (χ0n) is 17.3. The van der Waals surface area contributed by atoms with Crippen molar-refractivity contribution in [3.63, 3.8) is 0 Å². The molecule has 1 saturated heterocycles. The van der Waals surface area contributed by atoms with E-state index in [2.05, 4.69) is 4.72 Å². The lowest BCUT2D eigenvalue weighted by Gasteiger charge is -2.47. The predicted octanol–water partition coefficient (Wildman–Crippen LogP) is 1.07. The fourth-order valence-corrected chi connectivity index (χ4v) is 7.28. The van der Waals surface area contributed by atoms with Crippen LogP contribution in [0.15, 0.2) is 10.6 Å². The van der Waals surface area contributed by atoms with Crippen LogP contribution in [-0.4, -0.2) is 53.9 Å². The van der Waals surface area contributed by atoms with Crippen LogP contribution in [0.1, 0.15) is 46.5 Å². The number of Topliss-reactive ketones (excluding diaryl/α,β-unsaturated/α-hetero) is 1. The number of carbonyl (C=O) groups is 3. The maximum atomic E-state index is 12.7. The molecule has 0 aromatic rings. The molecule has 1 aliphatic carbocycles. The first kappa shape index (κ1) is 23.2. The van der Waals surface area contributed by atoms with Crippen LogP contribution in [0.5, 0.6) is 0 Å². The highest BCUT2D eigenvalue weighted by atomic mass is 32.2. The average molecular weight is 460 g/mol. The number of carboxylic acid groups (broad SMARTS) is 1. The predicted molar refractivity (Wildman–Crippen MR) is 112 cm³/mol. The zero-order chi connectivity index (χ0) is 22.4. The third-order valence-corrected chi connectivity index (χ3v) is 8.54. The van der Waals surface area contributed by atoms with Crippen molar-refractivity contribution in [1.82, 2.24) is 9.62 Å². The highest BCUT2D eigenvalue weighted by Gasteiger charge is 2.59. The molecule has 3 rings (SSSR count). The molecule has 168 valence electrons. The number of hydrogen-bond donors (Lipinski definition) is 3. The first-order chi connectivity index (χ1) is 13.9. The van der Waals surface area contributed by atoms with Crippen LogP contribution in [0.3, 0.4) is 0 Å². The third-order valence-electron chi connectivity index (χ3n) is 6.36. The molecule has 2 fully saturated rings. The van der Waals surface area contributed by atoms with Crippen LogP contribution in [0.25, 0.3) is 0 Å². The van der Waals surface area contributed by atoms with Crippen molar-refractivity contribution in [3.8, 4) is 0 Å². The normalized spacial score (nSPS) is 32.2. The van der Waals surface area contributed by atoms with Crippen molar-refractivity contribution in [2.45, 2.75) is 58.5 Å². The number of carbonyl (C=O) groups excluding carboxylic acids is 2. The summed E-state index contributed by atoms with van der Waals surface area (Å²) in [6, 6.07) is -0.418. The van der Waals surface area contributed by atoms with E-state index in [0.717, 1.165) is 6.42 Å². The van der Waals surface area contributed by atoms with Gasteiger partial charge >= 0.3 is 5.97 Å². The summed E-state index contributed by atoms with van der Waals surface area (Å²) in [5, 5.41) is 14.8. The molecule has 4 N–H and O–H groups in total. The van der Waals surface area contributed by atoms with Crippen LogP contribution >= 0.6 is 11.8 Å². The minimum atomic E-state index is -3.74. The Morgan fingerprint density at radius 2 is 2.03 bits per heavy atom. The minimum absolute atomic E-state index is 0.0179. The van der Waals surface area contributed by atoms with Gasteiger partial charge in [-0.15, -0.1) is 11.8 Å². The standard InChI is InChI=1S/C19H29N3O6S2/c1-9(6-10(2)23)14-15-11(3)17(16(19(25)26)22(15)18(14)24)29-8-12-4-5-13(7-12)21-30(20,27)28/h9,11-15,21H,4-8H2,1-3H3,(H,25,26)(H2,20,27,28)/t9-,11+,12-,13+,14+,15+/m0/s1. The van der Waals surface area contributed by atoms with Crippen molar-refractivity contribution < 1.29 is 27.9 Å². The van der Waals surface area contributed by atoms with Gasteiger partial charge in [-0.2, -0.15) is 13.1 Å². The quantitative estimate of drug-likeness (QED) is 0.437. The van der Waals surface area contributed by atoms with Gasteiger partial charge in [0.2, 0.25) is 5.91 Å². The second kappa shape index (κ2) is 8.60. The van der Waals surface area contributed by atoms with Gasteiger partial charge in [0, 0.05) is 29.0 Å². The van der Waals surface area contributed by atoms with Crippen molar-refractivity contribution >= 4 is 39.6 Å². The maximum absolute atomic E-state index is 12.7. The Morgan fingerprint density at radius 3 is 2.60 bits per heavy atom. The van der Waals surface area contributed by atoms with Crippen molar-refractivity contribution in [3.05, 3.63) is 10.6 Å². The summed E-state index contributed by atoms with van der Waals surface area (Å²) in [5.41, 5.74) is 0.0611. The zero-order valence-corrected chi connectivity index (χ0v) is 19.0. The lowest BCUT2D eigenvalue weighted by Crippen LogP contribution is -2.62. The number of amides is 1. The summed E-state index contributed by atoms with van der Waals surface area (Å²) in [5.74, 6) is -1.00. The average Bonchev–Trinajstić information content (AvgIpc) is 3.11. The lowest BCUT2D eigenvalue weighted by atomic mass is 9.73. The van der Waals surface area contributed by atoms with Crippen LogP contribution in [0.2, 0.25) is 0 Å². The van der Waals surface area contributed by atoms with Gasteiger partial charge in [0.05, 0.1) is 12.0 Å². The van der Waals surface area contributed by atoms with E-state index in [0.29, 0.717) is 29.9 Å². The maximum Gasteiger partial charge on any atom is 0.353 e. The highest BCUT2D eigenvalue weighted by Crippen LogP contribution is 2.52. The number of fused-ring (bicyclic) bond motifs is 1. The number of β-lactam (4-membered cyclic amide) rings is 1. The molecule has 0 aromatic heterocycles. The molecular weight excluding hydrogens is 430 g/mol. The Hall–Kier alpha value is -1.43. The molecule has 0 bridgehead atoms. The van der Waals surface area contributed by atoms with Crippen molar-refractivity contribution in [2.75, 3.05) is 5.75 Å². The van der Waals surface area contributed by atoms with E-state index in [1.54, 1.807) is 0 Å². The topological polar surface area (TPSA) is 147 Å². The Morgan fingerprint density at radius 1 is 1.37 bits per heavy atom.